The van der Waals surface area contributed by atoms with E-state index in [-0.39, 0.29) is 36.3 Å². The molecule has 0 unspecified atom stereocenters. The van der Waals surface area contributed by atoms with Crippen LogP contribution in [0.1, 0.15) is 22.5 Å². The predicted octanol–water partition coefficient (Wildman–Crippen LogP) is 1.70. The van der Waals surface area contributed by atoms with Gasteiger partial charge in [0.25, 0.3) is 5.91 Å². The van der Waals surface area contributed by atoms with Crippen LogP contribution in [0.15, 0.2) is 52.0 Å². The summed E-state index contributed by atoms with van der Waals surface area (Å²) in [6.45, 7) is 1.73. The molecule has 1 saturated heterocycles. The van der Waals surface area contributed by atoms with E-state index in [1.54, 1.807) is 41.3 Å². The van der Waals surface area contributed by atoms with Gasteiger partial charge in [-0.05, 0) is 24.6 Å². The molecule has 0 spiro atoms. The van der Waals surface area contributed by atoms with E-state index in [1.165, 1.54) is 10.6 Å². The molecule has 0 bridgehead atoms. The smallest absolute Gasteiger partial charge is 0.257 e. The van der Waals surface area contributed by atoms with Crippen molar-refractivity contribution in [3.8, 4) is 0 Å². The highest BCUT2D eigenvalue weighted by atomic mass is 35.5. The molecule has 1 aliphatic rings. The van der Waals surface area contributed by atoms with Crippen molar-refractivity contribution in [1.29, 1.82) is 0 Å². The van der Waals surface area contributed by atoms with E-state index in [9.17, 15) is 13.2 Å². The molecule has 1 aromatic heterocycles. The topological polar surface area (TPSA) is 96.9 Å². The van der Waals surface area contributed by atoms with Gasteiger partial charge in [0.05, 0.1) is 17.0 Å². The lowest BCUT2D eigenvalue weighted by Gasteiger charge is -2.21. The number of nitrogens with two attached hydrogens (primary N) is 1. The molecule has 1 fully saturated rings. The number of carbonyl (C=O) groups excluding carboxylic acids is 1. The van der Waals surface area contributed by atoms with Gasteiger partial charge in [-0.25, -0.2) is 8.42 Å². The number of hydrogen-bond donors (Lipinski definition) is 1. The van der Waals surface area contributed by atoms with Crippen molar-refractivity contribution < 1.29 is 17.6 Å². The van der Waals surface area contributed by atoms with Crippen LogP contribution in [0.5, 0.6) is 0 Å². The molecule has 0 aliphatic carbocycles. The van der Waals surface area contributed by atoms with Crippen LogP contribution in [0.2, 0.25) is 0 Å². The molecule has 0 saturated carbocycles. The van der Waals surface area contributed by atoms with Crippen molar-refractivity contribution in [2.24, 2.45) is 5.73 Å². The molecule has 3 rings (SSSR count). The van der Waals surface area contributed by atoms with Gasteiger partial charge < -0.3 is 15.1 Å². The van der Waals surface area contributed by atoms with Crippen LogP contribution in [0.4, 0.5) is 0 Å². The minimum atomic E-state index is -3.54. The fourth-order valence-electron chi connectivity index (χ4n) is 2.86. The van der Waals surface area contributed by atoms with Crippen molar-refractivity contribution in [3.05, 3.63) is 54.0 Å². The third-order valence-corrected chi connectivity index (χ3v) is 6.14. The summed E-state index contributed by atoms with van der Waals surface area (Å²) >= 11 is 0. The Balaban J connectivity index is 0.00000243. The van der Waals surface area contributed by atoms with Crippen LogP contribution in [0.3, 0.4) is 0 Å². The Morgan fingerprint density at radius 2 is 1.85 bits per heavy atom. The van der Waals surface area contributed by atoms with Crippen LogP contribution in [0.25, 0.3) is 0 Å². The Labute approximate surface area is 159 Å². The highest BCUT2D eigenvalue weighted by Gasteiger charge is 2.28. The maximum atomic E-state index is 12.7. The second-order valence-electron chi connectivity index (χ2n) is 5.87. The van der Waals surface area contributed by atoms with Crippen molar-refractivity contribution in [3.63, 3.8) is 0 Å². The number of sulfonamides is 1. The summed E-state index contributed by atoms with van der Waals surface area (Å²) in [4.78, 5) is 14.5. The van der Waals surface area contributed by atoms with Gasteiger partial charge in [0.15, 0.2) is 0 Å². The molecule has 2 heterocycles. The molecule has 7 nitrogen and oxygen atoms in total. The first-order valence-corrected chi connectivity index (χ1v) is 9.58. The number of rotatable bonds is 4. The van der Waals surface area contributed by atoms with E-state index >= 15 is 0 Å². The van der Waals surface area contributed by atoms with Gasteiger partial charge in [-0.1, -0.05) is 18.2 Å². The van der Waals surface area contributed by atoms with Crippen LogP contribution in [0, 0.1) is 0 Å². The molecule has 2 aromatic rings. The average molecular weight is 400 g/mol. The van der Waals surface area contributed by atoms with E-state index in [0.717, 1.165) is 0 Å². The number of amides is 1. The summed E-state index contributed by atoms with van der Waals surface area (Å²) in [5.74, 6) is 0.383. The molecule has 0 atom stereocenters. The van der Waals surface area contributed by atoms with E-state index < -0.39 is 10.0 Å². The number of furan rings is 1. The number of hydrogen-bond acceptors (Lipinski definition) is 5. The third kappa shape index (κ3) is 4.27. The van der Waals surface area contributed by atoms with E-state index in [2.05, 4.69) is 0 Å². The average Bonchev–Trinajstić information content (AvgIpc) is 2.98. The molecular formula is C17H22ClN3O4S. The lowest BCUT2D eigenvalue weighted by Crippen LogP contribution is -2.37. The van der Waals surface area contributed by atoms with Crippen LogP contribution < -0.4 is 5.73 Å². The fraction of sp³-hybridized carbons (Fsp3) is 0.353. The maximum Gasteiger partial charge on any atom is 0.257 e. The normalized spacial score (nSPS) is 16.0. The zero-order valence-corrected chi connectivity index (χ0v) is 15.8. The zero-order chi connectivity index (χ0) is 17.9. The molecule has 1 amide bonds. The first-order chi connectivity index (χ1) is 12.0. The summed E-state index contributed by atoms with van der Waals surface area (Å²) < 4.78 is 32.1. The Hall–Kier alpha value is -1.87. The molecule has 9 heteroatoms. The SMILES string of the molecule is Cl.NCc1cc(C(=O)N2CCCN(S(=O)(=O)c3ccccc3)CC2)co1. The van der Waals surface area contributed by atoms with Crippen molar-refractivity contribution in [2.45, 2.75) is 17.9 Å². The Morgan fingerprint density at radius 3 is 2.50 bits per heavy atom. The van der Waals surface area contributed by atoms with Crippen LogP contribution in [-0.4, -0.2) is 49.7 Å². The fourth-order valence-corrected chi connectivity index (χ4v) is 4.35. The van der Waals surface area contributed by atoms with Crippen molar-refractivity contribution in [2.75, 3.05) is 26.2 Å². The first-order valence-electron chi connectivity index (χ1n) is 8.14. The summed E-state index contributed by atoms with van der Waals surface area (Å²) in [5.41, 5.74) is 5.94. The first kappa shape index (κ1) is 20.4. The van der Waals surface area contributed by atoms with Gasteiger partial charge in [-0.15, -0.1) is 12.4 Å². The molecule has 1 aromatic carbocycles. The Bertz CT molecular complexity index is 839. The lowest BCUT2D eigenvalue weighted by molar-refractivity contribution is 0.0763. The number of benzene rings is 1. The largest absolute Gasteiger partial charge is 0.467 e. The second-order valence-corrected chi connectivity index (χ2v) is 7.81. The van der Waals surface area contributed by atoms with Gasteiger partial charge in [0, 0.05) is 26.2 Å². The van der Waals surface area contributed by atoms with Gasteiger partial charge >= 0.3 is 0 Å². The monoisotopic (exact) mass is 399 g/mol. The molecular weight excluding hydrogens is 378 g/mol. The molecule has 0 radical (unpaired) electrons. The van der Waals surface area contributed by atoms with Gasteiger partial charge in [0.1, 0.15) is 12.0 Å². The minimum absolute atomic E-state index is 0. The lowest BCUT2D eigenvalue weighted by atomic mass is 10.2. The molecule has 142 valence electrons. The van der Waals surface area contributed by atoms with Gasteiger partial charge in [-0.2, -0.15) is 4.31 Å². The summed E-state index contributed by atoms with van der Waals surface area (Å²) in [6, 6.07) is 9.99. The zero-order valence-electron chi connectivity index (χ0n) is 14.2. The quantitative estimate of drug-likeness (QED) is 0.843. The van der Waals surface area contributed by atoms with Gasteiger partial charge in [0.2, 0.25) is 10.0 Å². The van der Waals surface area contributed by atoms with E-state index in [4.69, 9.17) is 10.2 Å². The number of halogens is 1. The third-order valence-electron chi connectivity index (χ3n) is 4.22. The predicted molar refractivity (Wildman–Crippen MR) is 99.6 cm³/mol. The van der Waals surface area contributed by atoms with Crippen molar-refractivity contribution >= 4 is 28.3 Å². The number of carbonyl (C=O) groups is 1. The summed E-state index contributed by atoms with van der Waals surface area (Å²) in [5, 5.41) is 0. The van der Waals surface area contributed by atoms with Crippen LogP contribution in [-0.2, 0) is 16.6 Å². The Kier molecular flexibility index (Phi) is 6.82. The second kappa shape index (κ2) is 8.68. The highest BCUT2D eigenvalue weighted by molar-refractivity contribution is 7.89. The van der Waals surface area contributed by atoms with E-state index in [0.29, 0.717) is 37.4 Å². The standard InChI is InChI=1S/C17H21N3O4S.ClH/c18-12-15-11-14(13-24-15)17(21)19-7-4-8-20(10-9-19)25(22,23)16-5-2-1-3-6-16;/h1-3,5-6,11,13H,4,7-10,12,18H2;1H. The highest BCUT2D eigenvalue weighted by Crippen LogP contribution is 2.18. The van der Waals surface area contributed by atoms with Gasteiger partial charge in [-0.3, -0.25) is 4.79 Å². The Morgan fingerprint density at radius 1 is 1.12 bits per heavy atom. The summed E-state index contributed by atoms with van der Waals surface area (Å²) in [7, 11) is -3.54. The van der Waals surface area contributed by atoms with Crippen molar-refractivity contribution in [1.82, 2.24) is 9.21 Å². The molecule has 26 heavy (non-hydrogen) atoms. The molecule has 1 aliphatic heterocycles. The summed E-state index contributed by atoms with van der Waals surface area (Å²) in [6.07, 6.45) is 1.98. The molecule has 2 N–H and O–H groups in total. The maximum absolute atomic E-state index is 12.7. The van der Waals surface area contributed by atoms with E-state index in [1.807, 2.05) is 0 Å². The minimum Gasteiger partial charge on any atom is -0.467 e. The van der Waals surface area contributed by atoms with Crippen LogP contribution >= 0.6 is 12.4 Å². The number of nitrogens with zero attached hydrogens (tertiary/aromatic N) is 2.